The lowest BCUT2D eigenvalue weighted by Gasteiger charge is -2.30. The molecular weight excluding hydrogens is 387 g/mol. The molecule has 3 rings (SSSR count). The average Bonchev–Trinajstić information content (AvgIpc) is 2.65. The third-order valence-corrected chi connectivity index (χ3v) is 5.40. The Labute approximate surface area is 163 Å². The summed E-state index contributed by atoms with van der Waals surface area (Å²) in [6.07, 6.45) is 1.09. The molecule has 150 valence electrons. The first-order chi connectivity index (χ1) is 13.3. The molecule has 1 heterocycles. The number of halogens is 1. The summed E-state index contributed by atoms with van der Waals surface area (Å²) in [5.41, 5.74) is 0.254. The molecule has 1 aliphatic rings. The molecule has 1 atom stereocenters. The van der Waals surface area contributed by atoms with Crippen LogP contribution in [0.1, 0.15) is 13.3 Å². The molecule has 0 spiro atoms. The number of rotatable bonds is 6. The number of benzene rings is 2. The number of sulfonamides is 1. The van der Waals surface area contributed by atoms with Gasteiger partial charge in [-0.15, -0.1) is 0 Å². The van der Waals surface area contributed by atoms with Crippen LogP contribution in [0.2, 0.25) is 0 Å². The number of nitrogens with zero attached hydrogens (tertiary/aromatic N) is 1. The van der Waals surface area contributed by atoms with Gasteiger partial charge in [-0.2, -0.15) is 0 Å². The molecule has 0 saturated heterocycles. The lowest BCUT2D eigenvalue weighted by Crippen LogP contribution is -2.47. The van der Waals surface area contributed by atoms with Gasteiger partial charge in [0, 0.05) is 11.8 Å². The van der Waals surface area contributed by atoms with Crippen LogP contribution >= 0.6 is 0 Å². The van der Waals surface area contributed by atoms with E-state index in [4.69, 9.17) is 9.47 Å². The molecule has 1 amide bonds. The van der Waals surface area contributed by atoms with Gasteiger partial charge in [-0.25, -0.2) is 12.8 Å². The molecule has 2 aromatic rings. The van der Waals surface area contributed by atoms with Crippen molar-refractivity contribution in [1.29, 1.82) is 0 Å². The van der Waals surface area contributed by atoms with Crippen LogP contribution in [0, 0.1) is 5.82 Å². The largest absolute Gasteiger partial charge is 0.486 e. The highest BCUT2D eigenvalue weighted by Gasteiger charge is 2.33. The summed E-state index contributed by atoms with van der Waals surface area (Å²) in [5.74, 6) is -0.238. The lowest BCUT2D eigenvalue weighted by atomic mass is 10.1. The van der Waals surface area contributed by atoms with E-state index in [9.17, 15) is 17.6 Å². The summed E-state index contributed by atoms with van der Waals surface area (Å²) in [6, 6.07) is 9.22. The zero-order chi connectivity index (χ0) is 20.3. The maximum atomic E-state index is 14.3. The van der Waals surface area contributed by atoms with E-state index in [0.717, 1.165) is 16.6 Å². The average molecular weight is 408 g/mol. The van der Waals surface area contributed by atoms with E-state index < -0.39 is 27.8 Å². The minimum absolute atomic E-state index is 0.151. The third-order valence-electron chi connectivity index (χ3n) is 4.23. The van der Waals surface area contributed by atoms with Gasteiger partial charge >= 0.3 is 0 Å². The Balaban J connectivity index is 1.90. The van der Waals surface area contributed by atoms with E-state index in [1.165, 1.54) is 18.2 Å². The van der Waals surface area contributed by atoms with Crippen LogP contribution in [0.25, 0.3) is 0 Å². The molecule has 0 fully saturated rings. The number of para-hydroxylation sites is 1. The van der Waals surface area contributed by atoms with Crippen molar-refractivity contribution in [2.75, 3.05) is 29.1 Å². The Morgan fingerprint density at radius 1 is 1.18 bits per heavy atom. The second kappa shape index (κ2) is 8.05. The first kappa shape index (κ1) is 19.9. The number of nitrogens with one attached hydrogen (secondary N) is 1. The zero-order valence-electron chi connectivity index (χ0n) is 15.5. The molecule has 0 unspecified atom stereocenters. The number of carbonyl (C=O) groups excluding carboxylic acids is 1. The number of hydrogen-bond acceptors (Lipinski definition) is 5. The fraction of sp³-hybridized carbons (Fsp3) is 0.316. The van der Waals surface area contributed by atoms with Crippen LogP contribution < -0.4 is 19.1 Å². The summed E-state index contributed by atoms with van der Waals surface area (Å²) < 4.78 is 50.8. The number of ether oxygens (including phenoxy) is 2. The summed E-state index contributed by atoms with van der Waals surface area (Å²) >= 11 is 0. The van der Waals surface area contributed by atoms with Gasteiger partial charge in [0.25, 0.3) is 0 Å². The van der Waals surface area contributed by atoms with Gasteiger partial charge in [0.05, 0.1) is 11.9 Å². The normalized spacial score (nSPS) is 14.2. The van der Waals surface area contributed by atoms with E-state index in [2.05, 4.69) is 5.32 Å². The maximum absolute atomic E-state index is 14.3. The molecule has 1 N–H and O–H groups in total. The summed E-state index contributed by atoms with van der Waals surface area (Å²) in [4.78, 5) is 12.9. The van der Waals surface area contributed by atoms with E-state index in [0.29, 0.717) is 30.4 Å². The molecule has 9 heteroatoms. The van der Waals surface area contributed by atoms with Crippen molar-refractivity contribution >= 4 is 27.3 Å². The molecule has 0 radical (unpaired) electrons. The second-order valence-corrected chi connectivity index (χ2v) is 8.14. The van der Waals surface area contributed by atoms with Gasteiger partial charge in [0.2, 0.25) is 15.9 Å². The van der Waals surface area contributed by atoms with Crippen LogP contribution in [0.5, 0.6) is 11.5 Å². The molecule has 0 saturated carbocycles. The van der Waals surface area contributed by atoms with E-state index in [1.807, 2.05) is 0 Å². The number of carbonyl (C=O) groups is 1. The Morgan fingerprint density at radius 2 is 1.86 bits per heavy atom. The highest BCUT2D eigenvalue weighted by Crippen LogP contribution is 2.33. The summed E-state index contributed by atoms with van der Waals surface area (Å²) in [6.45, 7) is 2.51. The van der Waals surface area contributed by atoms with Gasteiger partial charge in [0.15, 0.2) is 11.5 Å². The molecule has 0 aromatic heterocycles. The first-order valence-electron chi connectivity index (χ1n) is 8.75. The Hall–Kier alpha value is -2.81. The Bertz CT molecular complexity index is 980. The maximum Gasteiger partial charge on any atom is 0.248 e. The SMILES string of the molecule is CC[C@H](C(=O)Nc1ccc2c(c1)OCCO2)N(c1ccccc1F)S(C)(=O)=O. The Kier molecular flexibility index (Phi) is 5.73. The summed E-state index contributed by atoms with van der Waals surface area (Å²) in [5, 5.41) is 2.68. The third kappa shape index (κ3) is 4.19. The lowest BCUT2D eigenvalue weighted by molar-refractivity contribution is -0.117. The quantitative estimate of drug-likeness (QED) is 0.795. The first-order valence-corrected chi connectivity index (χ1v) is 10.6. The predicted molar refractivity (Wildman–Crippen MR) is 104 cm³/mol. The van der Waals surface area contributed by atoms with Crippen LogP contribution in [-0.4, -0.2) is 39.8 Å². The van der Waals surface area contributed by atoms with Crippen LogP contribution in [-0.2, 0) is 14.8 Å². The monoisotopic (exact) mass is 408 g/mol. The van der Waals surface area contributed by atoms with E-state index >= 15 is 0 Å². The van der Waals surface area contributed by atoms with Crippen molar-refractivity contribution in [1.82, 2.24) is 0 Å². The molecule has 2 aromatic carbocycles. The minimum atomic E-state index is -3.92. The number of hydrogen-bond donors (Lipinski definition) is 1. The predicted octanol–water partition coefficient (Wildman–Crippen LogP) is 2.78. The number of amides is 1. The molecule has 28 heavy (non-hydrogen) atoms. The van der Waals surface area contributed by atoms with E-state index in [1.54, 1.807) is 25.1 Å². The van der Waals surface area contributed by atoms with Crippen molar-refractivity contribution in [3.8, 4) is 11.5 Å². The van der Waals surface area contributed by atoms with Crippen molar-refractivity contribution in [2.45, 2.75) is 19.4 Å². The highest BCUT2D eigenvalue weighted by molar-refractivity contribution is 7.92. The fourth-order valence-corrected chi connectivity index (χ4v) is 4.22. The van der Waals surface area contributed by atoms with Crippen LogP contribution in [0.3, 0.4) is 0 Å². The fourth-order valence-electron chi connectivity index (χ4n) is 3.01. The smallest absolute Gasteiger partial charge is 0.248 e. The van der Waals surface area contributed by atoms with Crippen molar-refractivity contribution in [3.05, 3.63) is 48.3 Å². The summed E-state index contributed by atoms with van der Waals surface area (Å²) in [7, 11) is -3.92. The number of anilines is 2. The van der Waals surface area contributed by atoms with E-state index in [-0.39, 0.29) is 12.1 Å². The van der Waals surface area contributed by atoms with Gasteiger partial charge in [-0.1, -0.05) is 19.1 Å². The van der Waals surface area contributed by atoms with Gasteiger partial charge < -0.3 is 14.8 Å². The molecule has 7 nitrogen and oxygen atoms in total. The molecule has 1 aliphatic heterocycles. The molecule has 0 aliphatic carbocycles. The molecule has 0 bridgehead atoms. The topological polar surface area (TPSA) is 84.9 Å². The van der Waals surface area contributed by atoms with Crippen LogP contribution in [0.4, 0.5) is 15.8 Å². The van der Waals surface area contributed by atoms with Gasteiger partial charge in [0.1, 0.15) is 25.1 Å². The van der Waals surface area contributed by atoms with Crippen LogP contribution in [0.15, 0.2) is 42.5 Å². The van der Waals surface area contributed by atoms with Crippen molar-refractivity contribution < 1.29 is 27.1 Å². The molecular formula is C19H21FN2O5S. The highest BCUT2D eigenvalue weighted by atomic mass is 32.2. The Morgan fingerprint density at radius 3 is 2.50 bits per heavy atom. The van der Waals surface area contributed by atoms with Crippen molar-refractivity contribution in [2.24, 2.45) is 0 Å². The minimum Gasteiger partial charge on any atom is -0.486 e. The standard InChI is InChI=1S/C19H21FN2O5S/c1-3-15(22(28(2,24)25)16-7-5-4-6-14(16)20)19(23)21-13-8-9-17-18(12-13)27-11-10-26-17/h4-9,12,15H,3,10-11H2,1-2H3,(H,21,23)/t15-/m1/s1. The van der Waals surface area contributed by atoms with Gasteiger partial charge in [-0.3, -0.25) is 9.10 Å². The number of fused-ring (bicyclic) bond motifs is 1. The van der Waals surface area contributed by atoms with Gasteiger partial charge in [-0.05, 0) is 30.7 Å². The second-order valence-electron chi connectivity index (χ2n) is 6.28. The zero-order valence-corrected chi connectivity index (χ0v) is 16.3. The van der Waals surface area contributed by atoms with Crippen molar-refractivity contribution in [3.63, 3.8) is 0 Å².